The Morgan fingerprint density at radius 3 is 1.89 bits per heavy atom. The zero-order valence-electron chi connectivity index (χ0n) is 11.7. The molecule has 1 aromatic rings. The lowest BCUT2D eigenvalue weighted by Crippen LogP contribution is -2.11. The minimum Gasteiger partial charge on any atom is -0.388 e. The molecule has 1 N–H and O–H groups in total. The Bertz CT molecular complexity index is 315. The van der Waals surface area contributed by atoms with Crippen molar-refractivity contribution < 1.29 is 5.11 Å². The molecule has 1 aromatic carbocycles. The smallest absolute Gasteiger partial charge is 0.0808 e. The van der Waals surface area contributed by atoms with Crippen molar-refractivity contribution in [1.82, 2.24) is 0 Å². The number of aliphatic hydroxyl groups is 1. The molecule has 0 aromatic heterocycles. The molecule has 3 heteroatoms. The molecule has 0 fully saturated rings. The average molecular weight is 284 g/mol. The van der Waals surface area contributed by atoms with Crippen molar-refractivity contribution in [2.75, 3.05) is 0 Å². The van der Waals surface area contributed by atoms with Crippen LogP contribution < -0.4 is 0 Å². The third-order valence-corrected chi connectivity index (χ3v) is 5.20. The summed E-state index contributed by atoms with van der Waals surface area (Å²) in [7, 11) is 0. The summed E-state index contributed by atoms with van der Waals surface area (Å²) in [5, 5.41) is 11.5. The number of hydrogen-bond donors (Lipinski definition) is 1. The molecular weight excluding hydrogens is 260 g/mol. The lowest BCUT2D eigenvalue weighted by Gasteiger charge is -2.23. The highest BCUT2D eigenvalue weighted by atomic mass is 32.2. The van der Waals surface area contributed by atoms with Crippen molar-refractivity contribution in [3.05, 3.63) is 35.9 Å². The van der Waals surface area contributed by atoms with E-state index in [4.69, 9.17) is 0 Å². The van der Waals surface area contributed by atoms with Gasteiger partial charge in [0.2, 0.25) is 0 Å². The van der Waals surface area contributed by atoms with Gasteiger partial charge in [0.15, 0.2) is 0 Å². The highest BCUT2D eigenvalue weighted by molar-refractivity contribution is 8.17. The molecule has 102 valence electrons. The summed E-state index contributed by atoms with van der Waals surface area (Å²) in [6.07, 6.45) is 0.462. The summed E-state index contributed by atoms with van der Waals surface area (Å²) in [4.78, 5) is 0. The van der Waals surface area contributed by atoms with Crippen molar-refractivity contribution >= 4 is 23.5 Å². The minimum absolute atomic E-state index is 0.353. The van der Waals surface area contributed by atoms with E-state index in [1.807, 2.05) is 53.9 Å². The van der Waals surface area contributed by atoms with Crippen LogP contribution in [0, 0.1) is 0 Å². The van der Waals surface area contributed by atoms with Crippen molar-refractivity contribution in [3.8, 4) is 0 Å². The lowest BCUT2D eigenvalue weighted by atomic mass is 10.1. The molecule has 0 amide bonds. The maximum Gasteiger partial charge on any atom is 0.0808 e. The van der Waals surface area contributed by atoms with Gasteiger partial charge < -0.3 is 5.11 Å². The van der Waals surface area contributed by atoms with Crippen LogP contribution in [0.25, 0.3) is 0 Å². The van der Waals surface area contributed by atoms with Crippen LogP contribution in [0.3, 0.4) is 0 Å². The predicted octanol–water partition coefficient (Wildman–Crippen LogP) is 4.72. The van der Waals surface area contributed by atoms with E-state index in [1.54, 1.807) is 0 Å². The maximum absolute atomic E-state index is 10.3. The number of rotatable bonds is 7. The van der Waals surface area contributed by atoms with Crippen molar-refractivity contribution in [1.29, 1.82) is 0 Å². The van der Waals surface area contributed by atoms with Crippen LogP contribution in [0.5, 0.6) is 0 Å². The average Bonchev–Trinajstić information content (AvgIpc) is 2.28. The summed E-state index contributed by atoms with van der Waals surface area (Å²) >= 11 is 3.91. The number of thioether (sulfide) groups is 2. The molecule has 0 bridgehead atoms. The summed E-state index contributed by atoms with van der Waals surface area (Å²) < 4.78 is 0.459. The topological polar surface area (TPSA) is 20.2 Å². The third kappa shape index (κ3) is 6.17. The SMILES string of the molecule is CC(C)SC(CC(O)c1ccccc1)SC(C)C. The van der Waals surface area contributed by atoms with Crippen LogP contribution in [0.4, 0.5) is 0 Å². The van der Waals surface area contributed by atoms with Crippen LogP contribution in [-0.2, 0) is 0 Å². The van der Waals surface area contributed by atoms with E-state index in [0.717, 1.165) is 12.0 Å². The van der Waals surface area contributed by atoms with Gasteiger partial charge in [-0.25, -0.2) is 0 Å². The molecule has 1 atom stereocenters. The normalized spacial score (nSPS) is 13.6. The Morgan fingerprint density at radius 1 is 0.944 bits per heavy atom. The zero-order chi connectivity index (χ0) is 13.5. The molecule has 0 radical (unpaired) electrons. The van der Waals surface area contributed by atoms with Gasteiger partial charge in [0.05, 0.1) is 10.7 Å². The second-order valence-electron chi connectivity index (χ2n) is 4.96. The van der Waals surface area contributed by atoms with Crippen LogP contribution in [0.2, 0.25) is 0 Å². The second-order valence-corrected chi connectivity index (χ2v) is 8.83. The van der Waals surface area contributed by atoms with Crippen LogP contribution in [0.15, 0.2) is 30.3 Å². The van der Waals surface area contributed by atoms with Gasteiger partial charge in [-0.05, 0) is 12.0 Å². The van der Waals surface area contributed by atoms with Crippen LogP contribution in [-0.4, -0.2) is 20.2 Å². The highest BCUT2D eigenvalue weighted by Gasteiger charge is 2.19. The minimum atomic E-state index is -0.353. The van der Waals surface area contributed by atoms with E-state index in [2.05, 4.69) is 27.7 Å². The summed E-state index contributed by atoms with van der Waals surface area (Å²) in [5.74, 6) is 0. The van der Waals surface area contributed by atoms with Gasteiger partial charge in [0, 0.05) is 10.5 Å². The molecule has 0 heterocycles. The lowest BCUT2D eigenvalue weighted by molar-refractivity contribution is 0.173. The fourth-order valence-corrected chi connectivity index (χ4v) is 5.13. The number of benzene rings is 1. The van der Waals surface area contributed by atoms with Crippen molar-refractivity contribution in [3.63, 3.8) is 0 Å². The molecule has 1 nitrogen and oxygen atoms in total. The molecule has 0 aliphatic carbocycles. The summed E-state index contributed by atoms with van der Waals surface area (Å²) in [6, 6.07) is 9.96. The summed E-state index contributed by atoms with van der Waals surface area (Å²) in [6.45, 7) is 8.86. The van der Waals surface area contributed by atoms with Gasteiger partial charge in [-0.15, -0.1) is 23.5 Å². The number of aliphatic hydroxyl groups excluding tert-OH is 1. The summed E-state index contributed by atoms with van der Waals surface area (Å²) in [5.41, 5.74) is 1.02. The first-order chi connectivity index (χ1) is 8.49. The van der Waals surface area contributed by atoms with E-state index in [9.17, 15) is 5.11 Å². The first-order valence-corrected chi connectivity index (χ1v) is 8.41. The molecule has 1 unspecified atom stereocenters. The monoisotopic (exact) mass is 284 g/mol. The molecule has 0 saturated carbocycles. The van der Waals surface area contributed by atoms with Gasteiger partial charge >= 0.3 is 0 Å². The van der Waals surface area contributed by atoms with E-state index in [0.29, 0.717) is 15.1 Å². The molecule has 1 rings (SSSR count). The molecule has 0 aliphatic heterocycles. The van der Waals surface area contributed by atoms with Crippen molar-refractivity contribution in [2.24, 2.45) is 0 Å². The highest BCUT2D eigenvalue weighted by Crippen LogP contribution is 2.36. The van der Waals surface area contributed by atoms with E-state index >= 15 is 0 Å². The predicted molar refractivity (Wildman–Crippen MR) is 85.3 cm³/mol. The second kappa shape index (κ2) is 8.13. The molecule has 0 saturated heterocycles. The van der Waals surface area contributed by atoms with Gasteiger partial charge in [-0.3, -0.25) is 0 Å². The standard InChI is InChI=1S/C15H24OS2/c1-11(2)17-15(18-12(3)4)10-14(16)13-8-6-5-7-9-13/h5-9,11-12,14-16H,10H2,1-4H3. The quantitative estimate of drug-likeness (QED) is 0.732. The van der Waals surface area contributed by atoms with Gasteiger partial charge in [0.25, 0.3) is 0 Å². The molecule has 0 aliphatic rings. The van der Waals surface area contributed by atoms with Gasteiger partial charge in [-0.2, -0.15) is 0 Å². The largest absolute Gasteiger partial charge is 0.388 e. The van der Waals surface area contributed by atoms with Crippen molar-refractivity contribution in [2.45, 2.75) is 55.3 Å². The molecular formula is C15H24OS2. The fourth-order valence-electron chi connectivity index (χ4n) is 1.74. The van der Waals surface area contributed by atoms with Gasteiger partial charge in [-0.1, -0.05) is 58.0 Å². The maximum atomic E-state index is 10.3. The Labute approximate surface area is 120 Å². The van der Waals surface area contributed by atoms with Gasteiger partial charge in [0.1, 0.15) is 0 Å². The van der Waals surface area contributed by atoms with E-state index in [1.165, 1.54) is 0 Å². The Hall–Kier alpha value is -0.120. The first kappa shape index (κ1) is 15.9. The molecule has 0 spiro atoms. The Kier molecular flexibility index (Phi) is 7.20. The zero-order valence-corrected chi connectivity index (χ0v) is 13.3. The van der Waals surface area contributed by atoms with Crippen LogP contribution >= 0.6 is 23.5 Å². The Morgan fingerprint density at radius 2 is 1.44 bits per heavy atom. The first-order valence-electron chi connectivity index (χ1n) is 6.53. The van der Waals surface area contributed by atoms with Crippen LogP contribution in [0.1, 0.15) is 45.8 Å². The van der Waals surface area contributed by atoms with E-state index in [-0.39, 0.29) is 6.10 Å². The fraction of sp³-hybridized carbons (Fsp3) is 0.600. The molecule has 18 heavy (non-hydrogen) atoms. The third-order valence-electron chi connectivity index (χ3n) is 2.45. The Balaban J connectivity index is 2.59. The van der Waals surface area contributed by atoms with E-state index < -0.39 is 0 Å². The number of hydrogen-bond acceptors (Lipinski definition) is 3.